The van der Waals surface area contributed by atoms with Crippen LogP contribution in [0.3, 0.4) is 0 Å². The molecule has 0 aliphatic carbocycles. The zero-order chi connectivity index (χ0) is 20.6. The summed E-state index contributed by atoms with van der Waals surface area (Å²) in [7, 11) is 0. The zero-order valence-corrected chi connectivity index (χ0v) is 15.0. The quantitative estimate of drug-likeness (QED) is 0.514. The summed E-state index contributed by atoms with van der Waals surface area (Å²) in [6.45, 7) is 0. The molecule has 0 saturated heterocycles. The van der Waals surface area contributed by atoms with Gasteiger partial charge in [0.1, 0.15) is 23.5 Å². The Balaban J connectivity index is 1.98. The van der Waals surface area contributed by atoms with Gasteiger partial charge in [0.25, 0.3) is 0 Å². The smallest absolute Gasteiger partial charge is 0.406 e. The van der Waals surface area contributed by atoms with Crippen molar-refractivity contribution in [2.24, 2.45) is 0 Å². The standard InChI is InChI=1S/C18H10ClF3N4O3/c19-13-3-1-2-4-14(13)26-15-7-11(29-18(20,21)22)5-6-12(15)16(25-17(26)27)24-10-8-23-28-9-10/h1-9H,(H,24,25,27). The van der Waals surface area contributed by atoms with Gasteiger partial charge in [-0.3, -0.25) is 4.57 Å². The van der Waals surface area contributed by atoms with Crippen LogP contribution >= 0.6 is 11.6 Å². The molecule has 0 atom stereocenters. The van der Waals surface area contributed by atoms with Gasteiger partial charge >= 0.3 is 12.1 Å². The van der Waals surface area contributed by atoms with E-state index in [1.807, 2.05) is 0 Å². The molecule has 2 aromatic heterocycles. The van der Waals surface area contributed by atoms with Crippen LogP contribution in [0.4, 0.5) is 24.7 Å². The van der Waals surface area contributed by atoms with Crippen LogP contribution < -0.4 is 15.7 Å². The average Bonchev–Trinajstić information content (AvgIpc) is 3.14. The Morgan fingerprint density at radius 2 is 1.97 bits per heavy atom. The number of anilines is 2. The maximum atomic E-state index is 12.8. The molecule has 0 fully saturated rings. The van der Waals surface area contributed by atoms with Crippen molar-refractivity contribution in [3.05, 3.63) is 70.4 Å². The zero-order valence-electron chi connectivity index (χ0n) is 14.3. The molecule has 2 aromatic carbocycles. The normalized spacial score (nSPS) is 11.6. The lowest BCUT2D eigenvalue weighted by Crippen LogP contribution is -2.23. The third-order valence-corrected chi connectivity index (χ3v) is 4.21. The average molecular weight is 423 g/mol. The molecule has 0 aliphatic heterocycles. The SMILES string of the molecule is O=c1nc(Nc2cnoc2)c2ccc(OC(F)(F)F)cc2n1-c1ccccc1Cl. The number of alkyl halides is 3. The lowest BCUT2D eigenvalue weighted by Gasteiger charge is -2.16. The van der Waals surface area contributed by atoms with Crippen LogP contribution in [-0.4, -0.2) is 21.1 Å². The van der Waals surface area contributed by atoms with Crippen molar-refractivity contribution in [1.82, 2.24) is 14.7 Å². The number of para-hydroxylation sites is 1. The lowest BCUT2D eigenvalue weighted by molar-refractivity contribution is -0.274. The number of halogens is 4. The number of hydrogen-bond donors (Lipinski definition) is 1. The molecule has 0 amide bonds. The third-order valence-electron chi connectivity index (χ3n) is 3.89. The summed E-state index contributed by atoms with van der Waals surface area (Å²) in [6.07, 6.45) is -2.25. The van der Waals surface area contributed by atoms with Crippen LogP contribution in [0.5, 0.6) is 5.75 Å². The first-order valence-electron chi connectivity index (χ1n) is 8.06. The van der Waals surface area contributed by atoms with Gasteiger partial charge in [-0.15, -0.1) is 13.2 Å². The Morgan fingerprint density at radius 3 is 2.66 bits per heavy atom. The monoisotopic (exact) mass is 422 g/mol. The molecule has 4 rings (SSSR count). The molecule has 0 saturated carbocycles. The van der Waals surface area contributed by atoms with Crippen LogP contribution in [0.15, 0.2) is 64.2 Å². The summed E-state index contributed by atoms with van der Waals surface area (Å²) in [5.41, 5.74) is 0.0224. The van der Waals surface area contributed by atoms with Gasteiger partial charge in [0.2, 0.25) is 0 Å². The van der Waals surface area contributed by atoms with E-state index in [0.717, 1.165) is 16.7 Å². The van der Waals surface area contributed by atoms with Gasteiger partial charge in [-0.25, -0.2) is 4.79 Å². The maximum absolute atomic E-state index is 12.8. The molecule has 2 heterocycles. The van der Waals surface area contributed by atoms with Crippen molar-refractivity contribution in [3.63, 3.8) is 0 Å². The molecule has 0 unspecified atom stereocenters. The largest absolute Gasteiger partial charge is 0.573 e. The van der Waals surface area contributed by atoms with E-state index in [9.17, 15) is 18.0 Å². The predicted octanol–water partition coefficient (Wildman–Crippen LogP) is 4.67. The Bertz CT molecular complexity index is 1240. The number of nitrogens with one attached hydrogen (secondary N) is 1. The minimum Gasteiger partial charge on any atom is -0.406 e. The van der Waals surface area contributed by atoms with E-state index in [1.54, 1.807) is 24.3 Å². The minimum atomic E-state index is -4.89. The highest BCUT2D eigenvalue weighted by Gasteiger charge is 2.31. The maximum Gasteiger partial charge on any atom is 0.573 e. The minimum absolute atomic E-state index is 0.107. The van der Waals surface area contributed by atoms with Crippen LogP contribution in [0, 0.1) is 0 Å². The molecule has 0 bridgehead atoms. The lowest BCUT2D eigenvalue weighted by atomic mass is 10.2. The van der Waals surface area contributed by atoms with Gasteiger partial charge in [-0.05, 0) is 24.3 Å². The third kappa shape index (κ3) is 3.87. The summed E-state index contributed by atoms with van der Waals surface area (Å²) in [5.74, 6) is -0.387. The van der Waals surface area contributed by atoms with E-state index in [-0.39, 0.29) is 22.0 Å². The Hall–Kier alpha value is -3.53. The van der Waals surface area contributed by atoms with Crippen LogP contribution in [-0.2, 0) is 0 Å². The number of hydrogen-bond acceptors (Lipinski definition) is 6. The first kappa shape index (κ1) is 18.8. The highest BCUT2D eigenvalue weighted by Crippen LogP contribution is 2.31. The Kier molecular flexibility index (Phi) is 4.63. The summed E-state index contributed by atoms with van der Waals surface area (Å²) in [4.78, 5) is 16.8. The molecular formula is C18H10ClF3N4O3. The second-order valence-electron chi connectivity index (χ2n) is 5.79. The van der Waals surface area contributed by atoms with Gasteiger partial charge in [0.15, 0.2) is 0 Å². The van der Waals surface area contributed by atoms with Gasteiger partial charge in [-0.2, -0.15) is 4.98 Å². The van der Waals surface area contributed by atoms with Gasteiger partial charge in [0.05, 0.1) is 22.4 Å². The first-order chi connectivity index (χ1) is 13.8. The molecule has 29 heavy (non-hydrogen) atoms. The molecule has 0 spiro atoms. The van der Waals surface area contributed by atoms with Crippen LogP contribution in [0.1, 0.15) is 0 Å². The van der Waals surface area contributed by atoms with E-state index >= 15 is 0 Å². The molecule has 1 N–H and O–H groups in total. The van der Waals surface area contributed by atoms with Gasteiger partial charge in [0, 0.05) is 11.5 Å². The predicted molar refractivity (Wildman–Crippen MR) is 98.8 cm³/mol. The van der Waals surface area contributed by atoms with Gasteiger partial charge in [-0.1, -0.05) is 28.9 Å². The number of nitrogens with zero attached hydrogens (tertiary/aromatic N) is 3. The van der Waals surface area contributed by atoms with Gasteiger partial charge < -0.3 is 14.6 Å². The number of benzene rings is 2. The fourth-order valence-corrected chi connectivity index (χ4v) is 2.99. The first-order valence-corrected chi connectivity index (χ1v) is 8.43. The Morgan fingerprint density at radius 1 is 1.17 bits per heavy atom. The summed E-state index contributed by atoms with van der Waals surface area (Å²) < 4.78 is 47.9. The summed E-state index contributed by atoms with van der Waals surface area (Å²) in [6, 6.07) is 9.97. The van der Waals surface area contributed by atoms with Crippen molar-refractivity contribution >= 4 is 34.0 Å². The van der Waals surface area contributed by atoms with E-state index in [2.05, 4.69) is 20.2 Å². The number of aromatic nitrogens is 3. The molecule has 148 valence electrons. The van der Waals surface area contributed by atoms with Crippen molar-refractivity contribution in [2.45, 2.75) is 6.36 Å². The second-order valence-corrected chi connectivity index (χ2v) is 6.20. The molecule has 0 radical (unpaired) electrons. The van der Waals surface area contributed by atoms with Crippen molar-refractivity contribution in [1.29, 1.82) is 0 Å². The van der Waals surface area contributed by atoms with Crippen molar-refractivity contribution in [2.75, 3.05) is 5.32 Å². The number of rotatable bonds is 4. The fraction of sp³-hybridized carbons (Fsp3) is 0.0556. The molecule has 4 aromatic rings. The highest BCUT2D eigenvalue weighted by molar-refractivity contribution is 6.32. The fourth-order valence-electron chi connectivity index (χ4n) is 2.77. The van der Waals surface area contributed by atoms with E-state index in [0.29, 0.717) is 11.1 Å². The number of fused-ring (bicyclic) bond motifs is 1. The molecular weight excluding hydrogens is 413 g/mol. The number of ether oxygens (including phenoxy) is 1. The topological polar surface area (TPSA) is 82.2 Å². The molecule has 11 heteroatoms. The Labute approximate surface area is 165 Å². The summed E-state index contributed by atoms with van der Waals surface area (Å²) in [5, 5.41) is 6.96. The van der Waals surface area contributed by atoms with E-state index in [4.69, 9.17) is 16.1 Å². The highest BCUT2D eigenvalue weighted by atomic mass is 35.5. The van der Waals surface area contributed by atoms with E-state index < -0.39 is 17.8 Å². The van der Waals surface area contributed by atoms with Crippen LogP contribution in [0.2, 0.25) is 5.02 Å². The second kappa shape index (κ2) is 7.13. The molecule has 7 nitrogen and oxygen atoms in total. The molecule has 0 aliphatic rings. The van der Waals surface area contributed by atoms with Crippen LogP contribution in [0.25, 0.3) is 16.6 Å². The summed E-state index contributed by atoms with van der Waals surface area (Å²) >= 11 is 6.20. The van der Waals surface area contributed by atoms with E-state index in [1.165, 1.54) is 18.5 Å². The van der Waals surface area contributed by atoms with Crippen molar-refractivity contribution in [3.8, 4) is 11.4 Å². The van der Waals surface area contributed by atoms with Crippen molar-refractivity contribution < 1.29 is 22.4 Å².